The van der Waals surface area contributed by atoms with Gasteiger partial charge in [0, 0.05) is 7.05 Å². The van der Waals surface area contributed by atoms with E-state index in [1.165, 1.54) is 6.33 Å². The number of aryl methyl sites for hydroxylation is 1. The van der Waals surface area contributed by atoms with Gasteiger partial charge in [-0.3, -0.25) is 4.79 Å². The fraction of sp³-hybridized carbons (Fsp3) is 0.400. The van der Waals surface area contributed by atoms with Crippen LogP contribution in [0.1, 0.15) is 12.6 Å². The molecule has 2 aromatic rings. The minimum absolute atomic E-state index is 0.129. The molecule has 0 aliphatic carbocycles. The van der Waals surface area contributed by atoms with E-state index in [1.807, 2.05) is 7.05 Å². The van der Waals surface area contributed by atoms with Crippen LogP contribution in [0, 0.1) is 0 Å². The van der Waals surface area contributed by atoms with Crippen LogP contribution in [0.4, 0.5) is 0 Å². The molecule has 0 amide bonds. The molecular formula is C10H12N4O2. The molecule has 0 fully saturated rings. The van der Waals surface area contributed by atoms with Crippen molar-refractivity contribution in [1.29, 1.82) is 0 Å². The van der Waals surface area contributed by atoms with Crippen molar-refractivity contribution in [1.82, 2.24) is 19.5 Å². The number of aromatic nitrogens is 4. The molecule has 0 aliphatic rings. The van der Waals surface area contributed by atoms with Crippen molar-refractivity contribution in [2.45, 2.75) is 13.3 Å². The van der Waals surface area contributed by atoms with Crippen LogP contribution in [0.15, 0.2) is 12.7 Å². The molecule has 6 nitrogen and oxygen atoms in total. The minimum atomic E-state index is -0.298. The van der Waals surface area contributed by atoms with Crippen LogP contribution in [0.5, 0.6) is 0 Å². The second kappa shape index (κ2) is 4.26. The Kier molecular flexibility index (Phi) is 2.80. The van der Waals surface area contributed by atoms with Gasteiger partial charge in [-0.05, 0) is 6.92 Å². The molecule has 0 unspecified atom stereocenters. The number of esters is 1. The molecule has 2 heterocycles. The Morgan fingerprint density at radius 3 is 3.00 bits per heavy atom. The van der Waals surface area contributed by atoms with Crippen molar-refractivity contribution >= 4 is 17.1 Å². The van der Waals surface area contributed by atoms with Gasteiger partial charge in [0.05, 0.1) is 25.0 Å². The molecule has 0 bridgehead atoms. The van der Waals surface area contributed by atoms with Crippen LogP contribution in [0.3, 0.4) is 0 Å². The van der Waals surface area contributed by atoms with Crippen molar-refractivity contribution in [2.24, 2.45) is 7.05 Å². The summed E-state index contributed by atoms with van der Waals surface area (Å²) in [5.41, 5.74) is 1.97. The summed E-state index contributed by atoms with van der Waals surface area (Å²) in [5, 5.41) is 0. The lowest BCUT2D eigenvalue weighted by Crippen LogP contribution is -2.09. The van der Waals surface area contributed by atoms with Crippen molar-refractivity contribution in [3.8, 4) is 0 Å². The van der Waals surface area contributed by atoms with E-state index in [9.17, 15) is 4.79 Å². The van der Waals surface area contributed by atoms with Gasteiger partial charge in [0.25, 0.3) is 0 Å². The lowest BCUT2D eigenvalue weighted by molar-refractivity contribution is -0.142. The lowest BCUT2D eigenvalue weighted by Gasteiger charge is -2.01. The first-order valence-electron chi connectivity index (χ1n) is 4.99. The van der Waals surface area contributed by atoms with Gasteiger partial charge in [0.2, 0.25) is 0 Å². The largest absolute Gasteiger partial charge is 0.466 e. The summed E-state index contributed by atoms with van der Waals surface area (Å²) in [7, 11) is 1.84. The third-order valence-electron chi connectivity index (χ3n) is 2.19. The highest BCUT2D eigenvalue weighted by molar-refractivity contribution is 5.80. The maximum Gasteiger partial charge on any atom is 0.311 e. The Labute approximate surface area is 92.3 Å². The number of rotatable bonds is 3. The topological polar surface area (TPSA) is 69.9 Å². The molecule has 16 heavy (non-hydrogen) atoms. The summed E-state index contributed by atoms with van der Waals surface area (Å²) in [4.78, 5) is 23.7. The predicted molar refractivity (Wildman–Crippen MR) is 56.6 cm³/mol. The zero-order valence-corrected chi connectivity index (χ0v) is 9.17. The summed E-state index contributed by atoms with van der Waals surface area (Å²) in [5.74, 6) is -0.298. The monoisotopic (exact) mass is 220 g/mol. The molecule has 0 aliphatic heterocycles. The first-order chi connectivity index (χ1) is 7.72. The molecule has 0 saturated heterocycles. The average molecular weight is 220 g/mol. The third-order valence-corrected chi connectivity index (χ3v) is 2.19. The SMILES string of the molecule is CCOC(=O)Cc1ncnc2c1ncn2C. The van der Waals surface area contributed by atoms with Gasteiger partial charge in [-0.1, -0.05) is 0 Å². The molecule has 84 valence electrons. The second-order valence-electron chi connectivity index (χ2n) is 3.33. The maximum atomic E-state index is 11.3. The third kappa shape index (κ3) is 1.86. The van der Waals surface area contributed by atoms with E-state index in [-0.39, 0.29) is 12.4 Å². The number of hydrogen-bond donors (Lipinski definition) is 0. The maximum absolute atomic E-state index is 11.3. The average Bonchev–Trinajstić information content (AvgIpc) is 2.62. The number of carbonyl (C=O) groups excluding carboxylic acids is 1. The van der Waals surface area contributed by atoms with E-state index >= 15 is 0 Å². The Balaban J connectivity index is 2.34. The van der Waals surface area contributed by atoms with Crippen molar-refractivity contribution in [3.63, 3.8) is 0 Å². The van der Waals surface area contributed by atoms with Gasteiger partial charge < -0.3 is 9.30 Å². The molecular weight excluding hydrogens is 208 g/mol. The van der Waals surface area contributed by atoms with Crippen LogP contribution in [-0.4, -0.2) is 32.1 Å². The smallest absolute Gasteiger partial charge is 0.311 e. The molecule has 0 atom stereocenters. The van der Waals surface area contributed by atoms with Gasteiger partial charge in [-0.25, -0.2) is 15.0 Å². The van der Waals surface area contributed by atoms with E-state index in [4.69, 9.17) is 4.74 Å². The zero-order chi connectivity index (χ0) is 11.5. The van der Waals surface area contributed by atoms with Gasteiger partial charge in [-0.2, -0.15) is 0 Å². The predicted octanol–water partition coefficient (Wildman–Crippen LogP) is 0.469. The summed E-state index contributed by atoms with van der Waals surface area (Å²) >= 11 is 0. The molecule has 6 heteroatoms. The van der Waals surface area contributed by atoms with E-state index in [0.717, 1.165) is 0 Å². The Morgan fingerprint density at radius 2 is 2.25 bits per heavy atom. The highest BCUT2D eigenvalue weighted by Crippen LogP contribution is 2.12. The molecule has 0 radical (unpaired) electrons. The van der Waals surface area contributed by atoms with E-state index in [0.29, 0.717) is 23.5 Å². The fourth-order valence-electron chi connectivity index (χ4n) is 1.47. The first kappa shape index (κ1) is 10.5. The van der Waals surface area contributed by atoms with Crippen LogP contribution < -0.4 is 0 Å². The molecule has 0 spiro atoms. The second-order valence-corrected chi connectivity index (χ2v) is 3.33. The Morgan fingerprint density at radius 1 is 1.44 bits per heavy atom. The molecule has 0 saturated carbocycles. The van der Waals surface area contributed by atoms with Crippen LogP contribution >= 0.6 is 0 Å². The summed E-state index contributed by atoms with van der Waals surface area (Å²) in [6.07, 6.45) is 3.20. The van der Waals surface area contributed by atoms with Crippen molar-refractivity contribution < 1.29 is 9.53 Å². The molecule has 2 aromatic heterocycles. The number of carbonyl (C=O) groups is 1. The molecule has 2 rings (SSSR count). The van der Waals surface area contributed by atoms with Crippen LogP contribution in [0.25, 0.3) is 11.2 Å². The highest BCUT2D eigenvalue weighted by atomic mass is 16.5. The normalized spacial score (nSPS) is 10.6. The number of fused-ring (bicyclic) bond motifs is 1. The first-order valence-corrected chi connectivity index (χ1v) is 4.99. The van der Waals surface area contributed by atoms with Gasteiger partial charge in [0.15, 0.2) is 5.65 Å². The summed E-state index contributed by atoms with van der Waals surface area (Å²) < 4.78 is 6.65. The summed E-state index contributed by atoms with van der Waals surface area (Å²) in [6, 6.07) is 0. The summed E-state index contributed by atoms with van der Waals surface area (Å²) in [6.45, 7) is 2.14. The van der Waals surface area contributed by atoms with Gasteiger partial charge >= 0.3 is 5.97 Å². The van der Waals surface area contributed by atoms with Crippen molar-refractivity contribution in [2.75, 3.05) is 6.61 Å². The van der Waals surface area contributed by atoms with Crippen molar-refractivity contribution in [3.05, 3.63) is 18.3 Å². The Hall–Kier alpha value is -1.98. The van der Waals surface area contributed by atoms with Crippen LogP contribution in [0.2, 0.25) is 0 Å². The number of ether oxygens (including phenoxy) is 1. The van der Waals surface area contributed by atoms with Gasteiger partial charge in [-0.15, -0.1) is 0 Å². The molecule has 0 N–H and O–H groups in total. The highest BCUT2D eigenvalue weighted by Gasteiger charge is 2.12. The van der Waals surface area contributed by atoms with Crippen LogP contribution in [-0.2, 0) is 23.0 Å². The fourth-order valence-corrected chi connectivity index (χ4v) is 1.47. The van der Waals surface area contributed by atoms with Gasteiger partial charge in [0.1, 0.15) is 11.8 Å². The Bertz CT molecular complexity index is 521. The van der Waals surface area contributed by atoms with E-state index < -0.39 is 0 Å². The minimum Gasteiger partial charge on any atom is -0.466 e. The van der Waals surface area contributed by atoms with E-state index in [2.05, 4.69) is 15.0 Å². The number of hydrogen-bond acceptors (Lipinski definition) is 5. The zero-order valence-electron chi connectivity index (χ0n) is 9.17. The standard InChI is InChI=1S/C10H12N4O2/c1-3-16-8(15)4-7-9-10(12-5-11-7)14(2)6-13-9/h5-6H,3-4H2,1-2H3. The lowest BCUT2D eigenvalue weighted by atomic mass is 10.3. The number of nitrogens with zero attached hydrogens (tertiary/aromatic N) is 4. The quantitative estimate of drug-likeness (QED) is 0.703. The number of imidazole rings is 1. The van der Waals surface area contributed by atoms with E-state index in [1.54, 1.807) is 17.8 Å². The molecule has 0 aromatic carbocycles.